The summed E-state index contributed by atoms with van der Waals surface area (Å²) in [4.78, 5) is 21.4. The van der Waals surface area contributed by atoms with Gasteiger partial charge >= 0.3 is 0 Å². The third-order valence-corrected chi connectivity index (χ3v) is 5.33. The van der Waals surface area contributed by atoms with Gasteiger partial charge in [-0.05, 0) is 18.8 Å². The number of carbonyl (C=O) groups excluding carboxylic acids is 1. The number of aromatic nitrogens is 2. The molecule has 5 nitrogen and oxygen atoms in total. The highest BCUT2D eigenvalue weighted by Gasteiger charge is 2.29. The van der Waals surface area contributed by atoms with E-state index >= 15 is 0 Å². The highest BCUT2D eigenvalue weighted by Crippen LogP contribution is 2.22. The Labute approximate surface area is 133 Å². The number of piperidine rings is 1. The lowest BCUT2D eigenvalue weighted by Gasteiger charge is -2.40. The molecule has 1 unspecified atom stereocenters. The fraction of sp³-hybridized carbons (Fsp3) is 0.765. The molecular formula is C17H28N4O. The Hall–Kier alpha value is -1.36. The SMILES string of the molecule is CCC(C)CC(=O)N1CCC(N2CCn3ccnc3C2)CC1. The number of amides is 1. The molecule has 1 saturated heterocycles. The predicted octanol–water partition coefficient (Wildman–Crippen LogP) is 2.13. The molecule has 1 amide bonds. The van der Waals surface area contributed by atoms with Gasteiger partial charge in [-0.2, -0.15) is 0 Å². The molecule has 122 valence electrons. The molecule has 0 bridgehead atoms. The van der Waals surface area contributed by atoms with Crippen LogP contribution in [-0.4, -0.2) is 50.9 Å². The van der Waals surface area contributed by atoms with Crippen LogP contribution in [0.15, 0.2) is 12.4 Å². The zero-order valence-electron chi connectivity index (χ0n) is 13.9. The van der Waals surface area contributed by atoms with Crippen molar-refractivity contribution in [1.29, 1.82) is 0 Å². The van der Waals surface area contributed by atoms with Gasteiger partial charge in [0.15, 0.2) is 0 Å². The summed E-state index contributed by atoms with van der Waals surface area (Å²) in [7, 11) is 0. The minimum atomic E-state index is 0.349. The highest BCUT2D eigenvalue weighted by molar-refractivity contribution is 5.76. The van der Waals surface area contributed by atoms with E-state index in [-0.39, 0.29) is 0 Å². The third-order valence-electron chi connectivity index (χ3n) is 5.33. The summed E-state index contributed by atoms with van der Waals surface area (Å²) in [6, 6.07) is 0.609. The zero-order chi connectivity index (χ0) is 15.5. The molecule has 22 heavy (non-hydrogen) atoms. The Bertz CT molecular complexity index is 505. The van der Waals surface area contributed by atoms with Gasteiger partial charge in [-0.1, -0.05) is 20.3 Å². The van der Waals surface area contributed by atoms with Crippen molar-refractivity contribution in [3.8, 4) is 0 Å². The summed E-state index contributed by atoms with van der Waals surface area (Å²) in [6.45, 7) is 9.27. The Morgan fingerprint density at radius 1 is 1.32 bits per heavy atom. The van der Waals surface area contributed by atoms with Crippen LogP contribution in [0, 0.1) is 5.92 Å². The first-order valence-corrected chi connectivity index (χ1v) is 8.69. The molecule has 0 N–H and O–H groups in total. The minimum absolute atomic E-state index is 0.349. The molecule has 2 aliphatic heterocycles. The quantitative estimate of drug-likeness (QED) is 0.855. The standard InChI is InChI=1S/C17H28N4O/c1-3-14(2)12-17(22)20-7-4-15(5-8-20)21-11-10-19-9-6-18-16(19)13-21/h6,9,14-15H,3-5,7-8,10-13H2,1-2H3. The van der Waals surface area contributed by atoms with E-state index in [1.165, 1.54) is 5.82 Å². The fourth-order valence-corrected chi connectivity index (χ4v) is 3.56. The molecule has 3 rings (SSSR count). The second-order valence-corrected chi connectivity index (χ2v) is 6.84. The van der Waals surface area contributed by atoms with Crippen LogP contribution in [0.2, 0.25) is 0 Å². The van der Waals surface area contributed by atoms with E-state index in [0.717, 1.165) is 52.0 Å². The Morgan fingerprint density at radius 2 is 2.09 bits per heavy atom. The van der Waals surface area contributed by atoms with Gasteiger partial charge in [-0.15, -0.1) is 0 Å². The van der Waals surface area contributed by atoms with Crippen LogP contribution in [0.5, 0.6) is 0 Å². The Morgan fingerprint density at radius 3 is 2.82 bits per heavy atom. The van der Waals surface area contributed by atoms with Gasteiger partial charge in [0.2, 0.25) is 5.91 Å². The smallest absolute Gasteiger partial charge is 0.222 e. The number of carbonyl (C=O) groups is 1. The number of hydrogen-bond donors (Lipinski definition) is 0. The van der Waals surface area contributed by atoms with Crippen LogP contribution in [0.3, 0.4) is 0 Å². The molecule has 5 heteroatoms. The van der Waals surface area contributed by atoms with E-state index in [4.69, 9.17) is 0 Å². The molecule has 1 fully saturated rings. The van der Waals surface area contributed by atoms with Crippen molar-refractivity contribution in [2.24, 2.45) is 5.92 Å². The van der Waals surface area contributed by atoms with Gasteiger partial charge in [-0.3, -0.25) is 9.69 Å². The molecule has 2 aliphatic rings. The van der Waals surface area contributed by atoms with Crippen LogP contribution in [0.25, 0.3) is 0 Å². The number of hydrogen-bond acceptors (Lipinski definition) is 3. The number of likely N-dealkylation sites (tertiary alicyclic amines) is 1. The van der Waals surface area contributed by atoms with E-state index in [9.17, 15) is 4.79 Å². The molecule has 1 aromatic heterocycles. The highest BCUT2D eigenvalue weighted by atomic mass is 16.2. The first kappa shape index (κ1) is 15.5. The van der Waals surface area contributed by atoms with Crippen LogP contribution >= 0.6 is 0 Å². The molecule has 1 aromatic rings. The van der Waals surface area contributed by atoms with Crippen LogP contribution in [0.1, 0.15) is 45.4 Å². The van der Waals surface area contributed by atoms with Crippen molar-refractivity contribution in [1.82, 2.24) is 19.4 Å². The predicted molar refractivity (Wildman–Crippen MR) is 86.3 cm³/mol. The second-order valence-electron chi connectivity index (χ2n) is 6.84. The first-order chi connectivity index (χ1) is 10.7. The van der Waals surface area contributed by atoms with E-state index in [2.05, 4.69) is 39.4 Å². The monoisotopic (exact) mass is 304 g/mol. The summed E-state index contributed by atoms with van der Waals surface area (Å²) < 4.78 is 2.25. The van der Waals surface area contributed by atoms with Gasteiger partial charge in [0, 0.05) is 51.0 Å². The van der Waals surface area contributed by atoms with Crippen molar-refractivity contribution in [2.45, 2.75) is 58.7 Å². The van der Waals surface area contributed by atoms with Crippen LogP contribution < -0.4 is 0 Å². The number of imidazole rings is 1. The summed E-state index contributed by atoms with van der Waals surface area (Å²) in [5.41, 5.74) is 0. The first-order valence-electron chi connectivity index (χ1n) is 8.69. The summed E-state index contributed by atoms with van der Waals surface area (Å²) in [5, 5.41) is 0. The Kier molecular flexibility index (Phi) is 4.81. The van der Waals surface area contributed by atoms with Crippen LogP contribution in [-0.2, 0) is 17.9 Å². The van der Waals surface area contributed by atoms with E-state index in [1.54, 1.807) is 0 Å². The summed E-state index contributed by atoms with van der Waals surface area (Å²) >= 11 is 0. The van der Waals surface area contributed by atoms with Gasteiger partial charge in [0.05, 0.1) is 6.54 Å². The topological polar surface area (TPSA) is 41.4 Å². The van der Waals surface area contributed by atoms with Crippen molar-refractivity contribution in [2.75, 3.05) is 19.6 Å². The fourth-order valence-electron chi connectivity index (χ4n) is 3.56. The number of nitrogens with zero attached hydrogens (tertiary/aromatic N) is 4. The van der Waals surface area contributed by atoms with Crippen molar-refractivity contribution < 1.29 is 4.79 Å². The van der Waals surface area contributed by atoms with Gasteiger partial charge < -0.3 is 9.47 Å². The summed E-state index contributed by atoms with van der Waals surface area (Å²) in [5.74, 6) is 2.04. The number of fused-ring (bicyclic) bond motifs is 1. The van der Waals surface area contributed by atoms with Crippen LogP contribution in [0.4, 0.5) is 0 Å². The average molecular weight is 304 g/mol. The molecule has 0 saturated carbocycles. The third kappa shape index (κ3) is 3.35. The van der Waals surface area contributed by atoms with Gasteiger partial charge in [0.1, 0.15) is 5.82 Å². The van der Waals surface area contributed by atoms with Crippen molar-refractivity contribution in [3.63, 3.8) is 0 Å². The maximum absolute atomic E-state index is 12.3. The second kappa shape index (κ2) is 6.82. The normalized spacial score (nSPS) is 21.6. The molecule has 3 heterocycles. The molecule has 0 spiro atoms. The lowest BCUT2D eigenvalue weighted by Crippen LogP contribution is -2.48. The van der Waals surface area contributed by atoms with E-state index in [0.29, 0.717) is 24.3 Å². The molecule has 0 aromatic carbocycles. The maximum atomic E-state index is 12.3. The number of rotatable bonds is 4. The van der Waals surface area contributed by atoms with Gasteiger partial charge in [0.25, 0.3) is 0 Å². The maximum Gasteiger partial charge on any atom is 0.222 e. The molecule has 0 radical (unpaired) electrons. The van der Waals surface area contributed by atoms with Crippen molar-refractivity contribution in [3.05, 3.63) is 18.2 Å². The van der Waals surface area contributed by atoms with E-state index in [1.807, 2.05) is 6.20 Å². The summed E-state index contributed by atoms with van der Waals surface area (Å²) in [6.07, 6.45) is 7.97. The largest absolute Gasteiger partial charge is 0.343 e. The zero-order valence-corrected chi connectivity index (χ0v) is 13.9. The van der Waals surface area contributed by atoms with Gasteiger partial charge in [-0.25, -0.2) is 4.98 Å². The molecular weight excluding hydrogens is 276 g/mol. The molecule has 0 aliphatic carbocycles. The van der Waals surface area contributed by atoms with E-state index < -0.39 is 0 Å². The lowest BCUT2D eigenvalue weighted by molar-refractivity contribution is -0.133. The minimum Gasteiger partial charge on any atom is -0.343 e. The molecule has 1 atom stereocenters. The van der Waals surface area contributed by atoms with Crippen molar-refractivity contribution >= 4 is 5.91 Å². The Balaban J connectivity index is 1.49. The average Bonchev–Trinajstić information content (AvgIpc) is 3.02. The lowest BCUT2D eigenvalue weighted by atomic mass is 10.00.